The van der Waals surface area contributed by atoms with Gasteiger partial charge in [-0.05, 0) is 49.9 Å². The summed E-state index contributed by atoms with van der Waals surface area (Å²) in [7, 11) is 0. The molecule has 2 aromatic rings. The third-order valence-corrected chi connectivity index (χ3v) is 4.35. The molecule has 116 valence electrons. The fraction of sp³-hybridized carbons (Fsp3) is 0.412. The Morgan fingerprint density at radius 1 is 1.27 bits per heavy atom. The molecule has 1 aliphatic heterocycles. The summed E-state index contributed by atoms with van der Waals surface area (Å²) >= 11 is 0. The van der Waals surface area contributed by atoms with Crippen LogP contribution in [0.4, 0.5) is 11.4 Å². The van der Waals surface area contributed by atoms with E-state index in [1.807, 2.05) is 19.1 Å². The number of nitrogens with one attached hydrogen (secondary N) is 2. The van der Waals surface area contributed by atoms with Crippen LogP contribution >= 0.6 is 0 Å². The summed E-state index contributed by atoms with van der Waals surface area (Å²) in [4.78, 5) is 14.5. The molecular weight excluding hydrogens is 276 g/mol. The summed E-state index contributed by atoms with van der Waals surface area (Å²) in [6.07, 6.45) is 4.05. The number of hydrogen-bond donors (Lipinski definition) is 2. The number of hydrogen-bond acceptors (Lipinski definition) is 3. The minimum atomic E-state index is -0.134. The van der Waals surface area contributed by atoms with Crippen molar-refractivity contribution in [1.82, 2.24) is 10.2 Å². The van der Waals surface area contributed by atoms with Gasteiger partial charge in [-0.3, -0.25) is 9.89 Å². The van der Waals surface area contributed by atoms with Gasteiger partial charge in [-0.1, -0.05) is 6.92 Å². The van der Waals surface area contributed by atoms with Gasteiger partial charge in [0.1, 0.15) is 0 Å². The number of H-pyrrole nitrogens is 1. The Bertz CT molecular complexity index is 639. The molecule has 0 radical (unpaired) electrons. The van der Waals surface area contributed by atoms with Gasteiger partial charge in [-0.2, -0.15) is 5.10 Å². The third kappa shape index (κ3) is 3.13. The second kappa shape index (κ2) is 6.22. The minimum Gasteiger partial charge on any atom is -0.372 e. The number of anilines is 2. The molecule has 0 atom stereocenters. The monoisotopic (exact) mass is 298 g/mol. The topological polar surface area (TPSA) is 61.0 Å². The third-order valence-electron chi connectivity index (χ3n) is 4.35. The Morgan fingerprint density at radius 3 is 2.55 bits per heavy atom. The standard InChI is InChI=1S/C17H22N4O/c1-12-7-9-21(10-8-12)15-5-3-14(4-6-15)19-17(22)16-11-18-20-13(16)2/h3-6,11-12H,7-10H2,1-2H3,(H,18,20)(H,19,22). The van der Waals surface area contributed by atoms with Crippen LogP contribution in [0, 0.1) is 12.8 Å². The Kier molecular flexibility index (Phi) is 4.13. The molecule has 0 aliphatic carbocycles. The highest BCUT2D eigenvalue weighted by molar-refractivity contribution is 6.04. The van der Waals surface area contributed by atoms with Gasteiger partial charge in [0.2, 0.25) is 0 Å². The SMILES string of the molecule is Cc1[nH]ncc1C(=O)Nc1ccc(N2CCC(C)CC2)cc1. The van der Waals surface area contributed by atoms with Crippen molar-refractivity contribution >= 4 is 17.3 Å². The van der Waals surface area contributed by atoms with Crippen molar-refractivity contribution in [2.75, 3.05) is 23.3 Å². The van der Waals surface area contributed by atoms with Crippen molar-refractivity contribution in [2.24, 2.45) is 5.92 Å². The largest absolute Gasteiger partial charge is 0.372 e. The number of aromatic nitrogens is 2. The number of piperidine rings is 1. The maximum absolute atomic E-state index is 12.1. The summed E-state index contributed by atoms with van der Waals surface area (Å²) in [5.74, 6) is 0.693. The van der Waals surface area contributed by atoms with E-state index in [-0.39, 0.29) is 5.91 Å². The van der Waals surface area contributed by atoms with Crippen LogP contribution in [0.15, 0.2) is 30.5 Å². The van der Waals surface area contributed by atoms with Crippen LogP contribution in [0.25, 0.3) is 0 Å². The molecule has 0 unspecified atom stereocenters. The van der Waals surface area contributed by atoms with Gasteiger partial charge < -0.3 is 10.2 Å². The molecule has 1 aromatic heterocycles. The van der Waals surface area contributed by atoms with Crippen LogP contribution in [0.3, 0.4) is 0 Å². The fourth-order valence-electron chi connectivity index (χ4n) is 2.80. The summed E-state index contributed by atoms with van der Waals surface area (Å²) in [6.45, 7) is 6.37. The van der Waals surface area contributed by atoms with Gasteiger partial charge in [-0.15, -0.1) is 0 Å². The van der Waals surface area contributed by atoms with Gasteiger partial charge in [0.15, 0.2) is 0 Å². The summed E-state index contributed by atoms with van der Waals surface area (Å²) in [5.41, 5.74) is 3.38. The van der Waals surface area contributed by atoms with Crippen molar-refractivity contribution in [3.63, 3.8) is 0 Å². The second-order valence-corrected chi connectivity index (χ2v) is 6.08. The van der Waals surface area contributed by atoms with E-state index < -0.39 is 0 Å². The molecule has 1 amide bonds. The van der Waals surface area contributed by atoms with E-state index in [0.717, 1.165) is 30.4 Å². The van der Waals surface area contributed by atoms with E-state index in [9.17, 15) is 4.79 Å². The first-order chi connectivity index (χ1) is 10.6. The molecule has 0 spiro atoms. The zero-order chi connectivity index (χ0) is 15.5. The Hall–Kier alpha value is -2.30. The van der Waals surface area contributed by atoms with Gasteiger partial charge in [0.25, 0.3) is 5.91 Å². The number of aryl methyl sites for hydroxylation is 1. The van der Waals surface area contributed by atoms with Gasteiger partial charge >= 0.3 is 0 Å². The lowest BCUT2D eigenvalue weighted by molar-refractivity contribution is 0.102. The molecule has 22 heavy (non-hydrogen) atoms. The quantitative estimate of drug-likeness (QED) is 0.914. The van der Waals surface area contributed by atoms with Crippen molar-refractivity contribution in [3.8, 4) is 0 Å². The highest BCUT2D eigenvalue weighted by atomic mass is 16.1. The Morgan fingerprint density at radius 2 is 1.95 bits per heavy atom. The van der Waals surface area contributed by atoms with Crippen LogP contribution in [-0.2, 0) is 0 Å². The normalized spacial score (nSPS) is 15.8. The molecule has 5 heteroatoms. The van der Waals surface area contributed by atoms with Crippen LogP contribution in [0.2, 0.25) is 0 Å². The van der Waals surface area contributed by atoms with E-state index >= 15 is 0 Å². The Balaban J connectivity index is 1.64. The molecule has 0 saturated carbocycles. The van der Waals surface area contributed by atoms with Crippen LogP contribution < -0.4 is 10.2 Å². The highest BCUT2D eigenvalue weighted by Gasteiger charge is 2.16. The van der Waals surface area contributed by atoms with E-state index in [1.165, 1.54) is 18.5 Å². The van der Waals surface area contributed by atoms with Gasteiger partial charge in [0, 0.05) is 30.2 Å². The number of amides is 1. The average molecular weight is 298 g/mol. The molecule has 1 saturated heterocycles. The minimum absolute atomic E-state index is 0.134. The van der Waals surface area contributed by atoms with E-state index in [0.29, 0.717) is 5.56 Å². The molecule has 0 bridgehead atoms. The Labute approximate surface area is 130 Å². The molecule has 2 N–H and O–H groups in total. The number of carbonyl (C=O) groups is 1. The van der Waals surface area contributed by atoms with Gasteiger partial charge in [-0.25, -0.2) is 0 Å². The highest BCUT2D eigenvalue weighted by Crippen LogP contribution is 2.24. The van der Waals surface area contributed by atoms with Gasteiger partial charge in [0.05, 0.1) is 11.8 Å². The lowest BCUT2D eigenvalue weighted by atomic mass is 9.99. The van der Waals surface area contributed by atoms with Crippen molar-refractivity contribution in [1.29, 1.82) is 0 Å². The molecule has 1 aromatic carbocycles. The van der Waals surface area contributed by atoms with E-state index in [1.54, 1.807) is 6.20 Å². The van der Waals surface area contributed by atoms with E-state index in [2.05, 4.69) is 39.5 Å². The predicted molar refractivity (Wildman–Crippen MR) is 88.3 cm³/mol. The maximum atomic E-state index is 12.1. The molecule has 1 fully saturated rings. The number of carbonyl (C=O) groups excluding carboxylic acids is 1. The summed E-state index contributed by atoms with van der Waals surface area (Å²) < 4.78 is 0. The number of benzene rings is 1. The fourth-order valence-corrected chi connectivity index (χ4v) is 2.80. The average Bonchev–Trinajstić information content (AvgIpc) is 2.95. The summed E-state index contributed by atoms with van der Waals surface area (Å²) in [6, 6.07) is 8.07. The molecule has 3 rings (SSSR count). The molecule has 5 nitrogen and oxygen atoms in total. The number of nitrogens with zero attached hydrogens (tertiary/aromatic N) is 2. The second-order valence-electron chi connectivity index (χ2n) is 6.08. The lowest BCUT2D eigenvalue weighted by Crippen LogP contribution is -2.32. The zero-order valence-electron chi connectivity index (χ0n) is 13.1. The lowest BCUT2D eigenvalue weighted by Gasteiger charge is -2.32. The van der Waals surface area contributed by atoms with Crippen LogP contribution in [0.5, 0.6) is 0 Å². The zero-order valence-corrected chi connectivity index (χ0v) is 13.1. The summed E-state index contributed by atoms with van der Waals surface area (Å²) in [5, 5.41) is 9.55. The number of rotatable bonds is 3. The van der Waals surface area contributed by atoms with Crippen molar-refractivity contribution in [2.45, 2.75) is 26.7 Å². The predicted octanol–water partition coefficient (Wildman–Crippen LogP) is 3.21. The van der Waals surface area contributed by atoms with E-state index in [4.69, 9.17) is 0 Å². The smallest absolute Gasteiger partial charge is 0.259 e. The molecule has 2 heterocycles. The molecular formula is C17H22N4O. The first-order valence-corrected chi connectivity index (χ1v) is 7.80. The van der Waals surface area contributed by atoms with Crippen molar-refractivity contribution in [3.05, 3.63) is 41.7 Å². The van der Waals surface area contributed by atoms with Crippen LogP contribution in [-0.4, -0.2) is 29.2 Å². The first-order valence-electron chi connectivity index (χ1n) is 7.80. The van der Waals surface area contributed by atoms with Crippen LogP contribution in [0.1, 0.15) is 35.8 Å². The number of aromatic amines is 1. The maximum Gasteiger partial charge on any atom is 0.259 e. The molecule has 1 aliphatic rings. The first kappa shape index (κ1) is 14.6. The van der Waals surface area contributed by atoms with Crippen molar-refractivity contribution < 1.29 is 4.79 Å².